The molecule has 0 radical (unpaired) electrons. The van der Waals surface area contributed by atoms with Crippen LogP contribution in [0.5, 0.6) is 0 Å². The molecular formula is C27H45N5O4. The van der Waals surface area contributed by atoms with Crippen LogP contribution >= 0.6 is 0 Å². The van der Waals surface area contributed by atoms with Gasteiger partial charge in [-0.05, 0) is 49.6 Å². The van der Waals surface area contributed by atoms with Crippen molar-refractivity contribution in [2.45, 2.75) is 90.8 Å². The lowest BCUT2D eigenvalue weighted by molar-refractivity contribution is -0.133. The van der Waals surface area contributed by atoms with E-state index in [4.69, 9.17) is 11.5 Å². The van der Waals surface area contributed by atoms with Gasteiger partial charge in [-0.3, -0.25) is 19.2 Å². The van der Waals surface area contributed by atoms with E-state index < -0.39 is 35.8 Å². The molecule has 0 heterocycles. The second kappa shape index (κ2) is 16.7. The smallest absolute Gasteiger partial charge is 0.243 e. The first-order valence-corrected chi connectivity index (χ1v) is 13.0. The van der Waals surface area contributed by atoms with Gasteiger partial charge in [0, 0.05) is 12.8 Å². The van der Waals surface area contributed by atoms with Gasteiger partial charge in [0.25, 0.3) is 0 Å². The van der Waals surface area contributed by atoms with Crippen LogP contribution in [-0.2, 0) is 25.6 Å². The Morgan fingerprint density at radius 3 is 1.78 bits per heavy atom. The third-order valence-corrected chi connectivity index (χ3v) is 5.75. The zero-order chi connectivity index (χ0) is 27.1. The van der Waals surface area contributed by atoms with Crippen molar-refractivity contribution < 1.29 is 19.2 Å². The highest BCUT2D eigenvalue weighted by Gasteiger charge is 2.30. The summed E-state index contributed by atoms with van der Waals surface area (Å²) in [4.78, 5) is 50.8. The summed E-state index contributed by atoms with van der Waals surface area (Å²) in [5, 5.41) is 8.35. The molecule has 9 nitrogen and oxygen atoms in total. The number of nitrogens with two attached hydrogens (primary N) is 2. The van der Waals surface area contributed by atoms with Crippen LogP contribution in [-0.4, -0.2) is 48.3 Å². The van der Waals surface area contributed by atoms with Crippen LogP contribution < -0.4 is 27.4 Å². The molecule has 202 valence electrons. The van der Waals surface area contributed by atoms with Gasteiger partial charge in [0.15, 0.2) is 0 Å². The molecule has 36 heavy (non-hydrogen) atoms. The average molecular weight is 504 g/mol. The number of carbonyl (C=O) groups excluding carboxylic acids is 4. The third kappa shape index (κ3) is 12.7. The standard InChI is InChI=1S/C27H45N5O4/c1-18(2)15-22(30-24(33)13-9-6-10-14-28)26(35)32-23(16-19(3)4)27(36)31-21(25(29)34)17-20-11-7-5-8-12-20/h5,7-8,11-12,18-19,21-23H,6,9-10,13-17,28H2,1-4H3,(H2,29,34)(H,30,33)(H,31,36)(H,32,35)/t21-,22-,23+/m0/s1. The molecule has 0 aliphatic carbocycles. The summed E-state index contributed by atoms with van der Waals surface area (Å²) in [5.74, 6) is -1.49. The molecule has 0 unspecified atom stereocenters. The Kier molecular flexibility index (Phi) is 14.4. The highest BCUT2D eigenvalue weighted by atomic mass is 16.2. The van der Waals surface area contributed by atoms with Crippen molar-refractivity contribution in [2.24, 2.45) is 23.3 Å². The Hall–Kier alpha value is -2.94. The van der Waals surface area contributed by atoms with Gasteiger partial charge in [0.1, 0.15) is 18.1 Å². The van der Waals surface area contributed by atoms with Gasteiger partial charge in [-0.2, -0.15) is 0 Å². The van der Waals surface area contributed by atoms with Crippen molar-refractivity contribution in [2.75, 3.05) is 6.54 Å². The fourth-order valence-electron chi connectivity index (χ4n) is 3.90. The van der Waals surface area contributed by atoms with E-state index in [0.717, 1.165) is 18.4 Å². The Balaban J connectivity index is 2.90. The maximum absolute atomic E-state index is 13.2. The van der Waals surface area contributed by atoms with E-state index in [1.807, 2.05) is 58.0 Å². The summed E-state index contributed by atoms with van der Waals surface area (Å²) in [5.41, 5.74) is 11.9. The number of carbonyl (C=O) groups is 4. The molecule has 0 fully saturated rings. The first-order chi connectivity index (χ1) is 17.0. The molecule has 1 aromatic carbocycles. The minimum Gasteiger partial charge on any atom is -0.368 e. The SMILES string of the molecule is CC(C)C[C@H](NC(=O)CCCCCN)C(=O)N[C@H](CC(C)C)C(=O)N[C@@H](Cc1ccccc1)C(N)=O. The molecule has 7 N–H and O–H groups in total. The number of primary amides is 1. The van der Waals surface area contributed by atoms with Crippen molar-refractivity contribution in [3.63, 3.8) is 0 Å². The van der Waals surface area contributed by atoms with Gasteiger partial charge in [0.2, 0.25) is 23.6 Å². The van der Waals surface area contributed by atoms with Crippen LogP contribution in [0.25, 0.3) is 0 Å². The zero-order valence-electron chi connectivity index (χ0n) is 22.2. The van der Waals surface area contributed by atoms with Crippen LogP contribution in [0, 0.1) is 11.8 Å². The summed E-state index contributed by atoms with van der Waals surface area (Å²) in [6.07, 6.45) is 3.78. The van der Waals surface area contributed by atoms with Crippen molar-refractivity contribution in [1.82, 2.24) is 16.0 Å². The lowest BCUT2D eigenvalue weighted by atomic mass is 9.99. The van der Waals surface area contributed by atoms with Crippen LogP contribution in [0.4, 0.5) is 0 Å². The Bertz CT molecular complexity index is 829. The lowest BCUT2D eigenvalue weighted by Gasteiger charge is -2.26. The van der Waals surface area contributed by atoms with Gasteiger partial charge < -0.3 is 27.4 Å². The Morgan fingerprint density at radius 1 is 0.750 bits per heavy atom. The van der Waals surface area contributed by atoms with Gasteiger partial charge in [-0.15, -0.1) is 0 Å². The molecule has 1 aromatic rings. The summed E-state index contributed by atoms with van der Waals surface area (Å²) in [6, 6.07) is 6.72. The number of unbranched alkanes of at least 4 members (excludes halogenated alkanes) is 2. The molecule has 0 spiro atoms. The molecule has 3 atom stereocenters. The number of hydrogen-bond acceptors (Lipinski definition) is 5. The molecule has 0 saturated carbocycles. The zero-order valence-corrected chi connectivity index (χ0v) is 22.2. The van der Waals surface area contributed by atoms with Crippen molar-refractivity contribution in [1.29, 1.82) is 0 Å². The number of benzene rings is 1. The van der Waals surface area contributed by atoms with E-state index in [1.165, 1.54) is 0 Å². The molecule has 0 aliphatic rings. The molecule has 0 saturated heterocycles. The maximum Gasteiger partial charge on any atom is 0.243 e. The van der Waals surface area contributed by atoms with E-state index >= 15 is 0 Å². The molecule has 0 aliphatic heterocycles. The van der Waals surface area contributed by atoms with Gasteiger partial charge in [-0.25, -0.2) is 0 Å². The molecular weight excluding hydrogens is 458 g/mol. The molecule has 1 rings (SSSR count). The number of rotatable bonds is 17. The maximum atomic E-state index is 13.2. The van der Waals surface area contributed by atoms with Gasteiger partial charge in [-0.1, -0.05) is 64.4 Å². The van der Waals surface area contributed by atoms with E-state index in [0.29, 0.717) is 32.2 Å². The minimum absolute atomic E-state index is 0.0999. The van der Waals surface area contributed by atoms with Crippen molar-refractivity contribution in [3.8, 4) is 0 Å². The first kappa shape index (κ1) is 31.1. The van der Waals surface area contributed by atoms with Crippen LogP contribution in [0.1, 0.15) is 71.8 Å². The van der Waals surface area contributed by atoms with Gasteiger partial charge >= 0.3 is 0 Å². The van der Waals surface area contributed by atoms with Gasteiger partial charge in [0.05, 0.1) is 0 Å². The first-order valence-electron chi connectivity index (χ1n) is 13.0. The molecule has 0 bridgehead atoms. The van der Waals surface area contributed by atoms with E-state index in [2.05, 4.69) is 16.0 Å². The van der Waals surface area contributed by atoms with E-state index in [1.54, 1.807) is 0 Å². The largest absolute Gasteiger partial charge is 0.368 e. The summed E-state index contributed by atoms with van der Waals surface area (Å²) in [6.45, 7) is 8.40. The van der Waals surface area contributed by atoms with Crippen molar-refractivity contribution in [3.05, 3.63) is 35.9 Å². The highest BCUT2D eigenvalue weighted by molar-refractivity contribution is 5.94. The monoisotopic (exact) mass is 503 g/mol. The fraction of sp³-hybridized carbons (Fsp3) is 0.630. The predicted molar refractivity (Wildman–Crippen MR) is 142 cm³/mol. The summed E-state index contributed by atoms with van der Waals surface area (Å²) >= 11 is 0. The Morgan fingerprint density at radius 2 is 1.28 bits per heavy atom. The van der Waals surface area contributed by atoms with Crippen LogP contribution in [0.3, 0.4) is 0 Å². The third-order valence-electron chi connectivity index (χ3n) is 5.75. The Labute approximate surface area is 215 Å². The van der Waals surface area contributed by atoms with E-state index in [9.17, 15) is 19.2 Å². The average Bonchev–Trinajstić information content (AvgIpc) is 2.80. The molecule has 4 amide bonds. The predicted octanol–water partition coefficient (Wildman–Crippen LogP) is 1.78. The highest BCUT2D eigenvalue weighted by Crippen LogP contribution is 2.11. The van der Waals surface area contributed by atoms with Crippen molar-refractivity contribution >= 4 is 23.6 Å². The minimum atomic E-state index is -0.911. The fourth-order valence-corrected chi connectivity index (χ4v) is 3.90. The topological polar surface area (TPSA) is 156 Å². The summed E-state index contributed by atoms with van der Waals surface area (Å²) in [7, 11) is 0. The lowest BCUT2D eigenvalue weighted by Crippen LogP contribution is -2.57. The van der Waals surface area contributed by atoms with E-state index in [-0.39, 0.29) is 24.2 Å². The summed E-state index contributed by atoms with van der Waals surface area (Å²) < 4.78 is 0. The van der Waals surface area contributed by atoms with Crippen LogP contribution in [0.15, 0.2) is 30.3 Å². The quantitative estimate of drug-likeness (QED) is 0.205. The van der Waals surface area contributed by atoms with Crippen LogP contribution in [0.2, 0.25) is 0 Å². The number of hydrogen-bond donors (Lipinski definition) is 5. The normalized spacial score (nSPS) is 13.6. The number of amides is 4. The second-order valence-electron chi connectivity index (χ2n) is 10.2. The number of nitrogens with one attached hydrogen (secondary N) is 3. The molecule has 0 aromatic heterocycles. The second-order valence-corrected chi connectivity index (χ2v) is 10.2. The molecule has 9 heteroatoms.